The molecule has 0 spiro atoms. The maximum absolute atomic E-state index is 13.1. The molecule has 112 valence electrons. The number of hydrogen-bond donors (Lipinski definition) is 1. The molecule has 0 bridgehead atoms. The van der Waals surface area contributed by atoms with Gasteiger partial charge in [0.25, 0.3) is 0 Å². The molecule has 0 aliphatic heterocycles. The van der Waals surface area contributed by atoms with Crippen LogP contribution in [0.15, 0.2) is 40.9 Å². The van der Waals surface area contributed by atoms with Crippen LogP contribution in [0.5, 0.6) is 0 Å². The van der Waals surface area contributed by atoms with Crippen LogP contribution in [0.3, 0.4) is 0 Å². The first-order valence-corrected chi connectivity index (χ1v) is 6.98. The summed E-state index contributed by atoms with van der Waals surface area (Å²) in [6.45, 7) is 0.115. The van der Waals surface area contributed by atoms with E-state index in [4.69, 9.17) is 11.6 Å². The molecule has 21 heavy (non-hydrogen) atoms. The van der Waals surface area contributed by atoms with Crippen LogP contribution in [0.25, 0.3) is 0 Å². The number of alkyl halides is 3. The second kappa shape index (κ2) is 6.23. The van der Waals surface area contributed by atoms with Gasteiger partial charge in [0, 0.05) is 21.7 Å². The van der Waals surface area contributed by atoms with E-state index in [2.05, 4.69) is 21.2 Å². The largest absolute Gasteiger partial charge is 0.416 e. The molecule has 0 aliphatic rings. The minimum absolute atomic E-state index is 0.115. The summed E-state index contributed by atoms with van der Waals surface area (Å²) in [7, 11) is 0. The van der Waals surface area contributed by atoms with Crippen molar-refractivity contribution in [2.24, 2.45) is 0 Å². The minimum atomic E-state index is -4.43. The monoisotopic (exact) mass is 381 g/mol. The highest BCUT2D eigenvalue weighted by atomic mass is 79.9. The topological polar surface area (TPSA) is 12.0 Å². The number of rotatable bonds is 3. The van der Waals surface area contributed by atoms with Crippen molar-refractivity contribution in [1.29, 1.82) is 0 Å². The van der Waals surface area contributed by atoms with Crippen LogP contribution in [0.4, 0.5) is 23.2 Å². The molecule has 0 aliphatic carbocycles. The van der Waals surface area contributed by atoms with Crippen molar-refractivity contribution in [2.45, 2.75) is 12.7 Å². The molecular weight excluding hydrogens is 374 g/mol. The number of hydrogen-bond acceptors (Lipinski definition) is 1. The van der Waals surface area contributed by atoms with Crippen LogP contribution in [0.1, 0.15) is 11.1 Å². The number of anilines is 1. The smallest absolute Gasteiger partial charge is 0.381 e. The van der Waals surface area contributed by atoms with Gasteiger partial charge in [-0.3, -0.25) is 0 Å². The lowest BCUT2D eigenvalue weighted by Crippen LogP contribution is -2.07. The average Bonchev–Trinajstić information content (AvgIpc) is 2.38. The first kappa shape index (κ1) is 16.1. The van der Waals surface area contributed by atoms with Gasteiger partial charge in [0.2, 0.25) is 0 Å². The maximum Gasteiger partial charge on any atom is 0.416 e. The normalized spacial score (nSPS) is 11.5. The Hall–Kier alpha value is -1.27. The van der Waals surface area contributed by atoms with Crippen molar-refractivity contribution in [2.75, 3.05) is 5.32 Å². The molecule has 0 radical (unpaired) electrons. The standard InChI is InChI=1S/C14H9BrClF4N/c15-10-4-9(14(18,19)20)5-12(6-10)21-7-8-3-11(17)1-2-13(8)16/h1-6,21H,7H2. The zero-order chi connectivity index (χ0) is 15.6. The summed E-state index contributed by atoms with van der Waals surface area (Å²) in [5.74, 6) is -0.457. The van der Waals surface area contributed by atoms with Gasteiger partial charge in [-0.2, -0.15) is 13.2 Å². The minimum Gasteiger partial charge on any atom is -0.381 e. The summed E-state index contributed by atoms with van der Waals surface area (Å²) in [5.41, 5.74) is -0.0491. The molecule has 0 aromatic heterocycles. The predicted molar refractivity (Wildman–Crippen MR) is 77.9 cm³/mol. The molecule has 7 heteroatoms. The number of nitrogens with one attached hydrogen (secondary N) is 1. The molecule has 2 aromatic carbocycles. The molecule has 0 saturated heterocycles. The quantitative estimate of drug-likeness (QED) is 0.654. The van der Waals surface area contributed by atoms with E-state index >= 15 is 0 Å². The SMILES string of the molecule is Fc1ccc(Cl)c(CNc2cc(Br)cc(C(F)(F)F)c2)c1. The fourth-order valence-electron chi connectivity index (χ4n) is 1.73. The fourth-order valence-corrected chi connectivity index (χ4v) is 2.41. The Kier molecular flexibility index (Phi) is 4.78. The van der Waals surface area contributed by atoms with Crippen LogP contribution >= 0.6 is 27.5 Å². The van der Waals surface area contributed by atoms with Crippen molar-refractivity contribution in [3.63, 3.8) is 0 Å². The third-order valence-electron chi connectivity index (χ3n) is 2.72. The number of halogens is 6. The first-order valence-electron chi connectivity index (χ1n) is 5.81. The molecule has 2 aromatic rings. The highest BCUT2D eigenvalue weighted by Crippen LogP contribution is 2.33. The molecule has 0 saturated carbocycles. The van der Waals surface area contributed by atoms with Crippen LogP contribution in [0, 0.1) is 5.82 Å². The molecule has 0 atom stereocenters. The van der Waals surface area contributed by atoms with Gasteiger partial charge in [0.15, 0.2) is 0 Å². The summed E-state index contributed by atoms with van der Waals surface area (Å²) in [4.78, 5) is 0. The second-order valence-corrected chi connectivity index (χ2v) is 5.64. The lowest BCUT2D eigenvalue weighted by molar-refractivity contribution is -0.137. The van der Waals surface area contributed by atoms with Gasteiger partial charge in [0.05, 0.1) is 5.56 Å². The van der Waals surface area contributed by atoms with Crippen LogP contribution < -0.4 is 5.32 Å². The van der Waals surface area contributed by atoms with Gasteiger partial charge < -0.3 is 5.32 Å². The lowest BCUT2D eigenvalue weighted by Gasteiger charge is -2.12. The summed E-state index contributed by atoms with van der Waals surface area (Å²) in [5, 5.41) is 3.14. The molecule has 0 amide bonds. The molecule has 0 heterocycles. The van der Waals surface area contributed by atoms with Gasteiger partial charge in [-0.15, -0.1) is 0 Å². The van der Waals surface area contributed by atoms with E-state index in [1.165, 1.54) is 24.3 Å². The van der Waals surface area contributed by atoms with E-state index in [0.717, 1.165) is 12.1 Å². The second-order valence-electron chi connectivity index (χ2n) is 4.32. The lowest BCUT2D eigenvalue weighted by atomic mass is 10.1. The van der Waals surface area contributed by atoms with Gasteiger partial charge in [-0.1, -0.05) is 27.5 Å². The highest BCUT2D eigenvalue weighted by Gasteiger charge is 2.31. The molecule has 1 N–H and O–H groups in total. The summed E-state index contributed by atoms with van der Waals surface area (Å²) in [6.07, 6.45) is -4.43. The van der Waals surface area contributed by atoms with E-state index in [9.17, 15) is 17.6 Å². The van der Waals surface area contributed by atoms with E-state index in [-0.39, 0.29) is 12.2 Å². The van der Waals surface area contributed by atoms with Crippen LogP contribution in [-0.2, 0) is 12.7 Å². The molecule has 0 fully saturated rings. The van der Waals surface area contributed by atoms with Gasteiger partial charge >= 0.3 is 6.18 Å². The Morgan fingerprint density at radius 1 is 1.10 bits per heavy atom. The summed E-state index contributed by atoms with van der Waals surface area (Å²) < 4.78 is 51.5. The van der Waals surface area contributed by atoms with E-state index in [1.807, 2.05) is 0 Å². The van der Waals surface area contributed by atoms with Crippen molar-refractivity contribution in [3.8, 4) is 0 Å². The Morgan fingerprint density at radius 2 is 1.81 bits per heavy atom. The molecule has 0 unspecified atom stereocenters. The Labute approximate surface area is 132 Å². The zero-order valence-corrected chi connectivity index (χ0v) is 12.8. The third-order valence-corrected chi connectivity index (χ3v) is 3.54. The van der Waals surface area contributed by atoms with E-state index < -0.39 is 17.6 Å². The van der Waals surface area contributed by atoms with Crippen LogP contribution in [-0.4, -0.2) is 0 Å². The molecule has 1 nitrogen and oxygen atoms in total. The molecule has 2 rings (SSSR count). The first-order chi connectivity index (χ1) is 9.75. The summed E-state index contributed by atoms with van der Waals surface area (Å²) in [6, 6.07) is 7.32. The van der Waals surface area contributed by atoms with E-state index in [0.29, 0.717) is 15.1 Å². The van der Waals surface area contributed by atoms with Gasteiger partial charge in [-0.05, 0) is 42.0 Å². The predicted octanol–water partition coefficient (Wildman–Crippen LogP) is 5.87. The third kappa shape index (κ3) is 4.35. The van der Waals surface area contributed by atoms with Crippen molar-refractivity contribution >= 4 is 33.2 Å². The maximum atomic E-state index is 13.1. The molecular formula is C14H9BrClF4N. The van der Waals surface area contributed by atoms with Crippen molar-refractivity contribution in [1.82, 2.24) is 0 Å². The Morgan fingerprint density at radius 3 is 2.48 bits per heavy atom. The van der Waals surface area contributed by atoms with Crippen LogP contribution in [0.2, 0.25) is 5.02 Å². The van der Waals surface area contributed by atoms with Crippen molar-refractivity contribution in [3.05, 3.63) is 62.8 Å². The summed E-state index contributed by atoms with van der Waals surface area (Å²) >= 11 is 8.93. The van der Waals surface area contributed by atoms with Gasteiger partial charge in [0.1, 0.15) is 5.82 Å². The number of benzene rings is 2. The average molecular weight is 383 g/mol. The van der Waals surface area contributed by atoms with Gasteiger partial charge in [-0.25, -0.2) is 4.39 Å². The highest BCUT2D eigenvalue weighted by molar-refractivity contribution is 9.10. The fraction of sp³-hybridized carbons (Fsp3) is 0.143. The Balaban J connectivity index is 2.20. The Bertz CT molecular complexity index is 658. The zero-order valence-electron chi connectivity index (χ0n) is 10.4. The van der Waals surface area contributed by atoms with E-state index in [1.54, 1.807) is 0 Å². The van der Waals surface area contributed by atoms with Crippen molar-refractivity contribution < 1.29 is 17.6 Å².